The molecular formula is C17H20OS2. The van der Waals surface area contributed by atoms with E-state index in [0.29, 0.717) is 0 Å². The van der Waals surface area contributed by atoms with Crippen molar-refractivity contribution in [3.05, 3.63) is 35.9 Å². The Kier molecular flexibility index (Phi) is 4.35. The first-order chi connectivity index (χ1) is 9.73. The zero-order valence-corrected chi connectivity index (χ0v) is 13.2. The van der Waals surface area contributed by atoms with Crippen LogP contribution in [0.2, 0.25) is 0 Å². The molecule has 106 valence electrons. The van der Waals surface area contributed by atoms with E-state index in [1.807, 2.05) is 29.6 Å². The molecule has 1 aliphatic heterocycles. The lowest BCUT2D eigenvalue weighted by Crippen LogP contribution is -2.30. The van der Waals surface area contributed by atoms with Crippen LogP contribution in [0.3, 0.4) is 0 Å². The predicted octanol–water partition coefficient (Wildman–Crippen LogP) is 4.02. The van der Waals surface area contributed by atoms with Crippen molar-refractivity contribution in [3.63, 3.8) is 0 Å². The number of benzene rings is 1. The summed E-state index contributed by atoms with van der Waals surface area (Å²) in [6, 6.07) is 10.5. The van der Waals surface area contributed by atoms with Crippen molar-refractivity contribution in [2.45, 2.75) is 41.8 Å². The van der Waals surface area contributed by atoms with Gasteiger partial charge in [0.25, 0.3) is 0 Å². The van der Waals surface area contributed by atoms with E-state index >= 15 is 0 Å². The van der Waals surface area contributed by atoms with Crippen molar-refractivity contribution in [1.29, 1.82) is 0 Å². The summed E-state index contributed by atoms with van der Waals surface area (Å²) in [6.07, 6.45) is 5.10. The third-order valence-corrected chi connectivity index (χ3v) is 7.26. The van der Waals surface area contributed by atoms with Gasteiger partial charge in [0.1, 0.15) is 9.68 Å². The lowest BCUT2D eigenvalue weighted by Gasteiger charge is -2.28. The molecule has 0 bridgehead atoms. The lowest BCUT2D eigenvalue weighted by atomic mass is 9.85. The maximum atomic E-state index is 10.6. The smallest absolute Gasteiger partial charge is 0.147 e. The fraction of sp³-hybridized carbons (Fsp3) is 0.529. The summed E-state index contributed by atoms with van der Waals surface area (Å²) >= 11 is 3.82. The molecule has 1 aromatic rings. The molecule has 1 saturated heterocycles. The van der Waals surface area contributed by atoms with Gasteiger partial charge in [-0.3, -0.25) is 0 Å². The monoisotopic (exact) mass is 304 g/mol. The summed E-state index contributed by atoms with van der Waals surface area (Å²) in [4.78, 5) is 0. The van der Waals surface area contributed by atoms with Crippen LogP contribution in [0.1, 0.15) is 37.7 Å². The highest BCUT2D eigenvalue weighted by molar-refractivity contribution is 8.20. The molecule has 1 N–H and O–H groups in total. The fourth-order valence-corrected chi connectivity index (χ4v) is 5.77. The predicted molar refractivity (Wildman–Crippen MR) is 88.8 cm³/mol. The minimum Gasteiger partial charge on any atom is -0.378 e. The Morgan fingerprint density at radius 2 is 1.55 bits per heavy atom. The second-order valence-corrected chi connectivity index (χ2v) is 8.40. The van der Waals surface area contributed by atoms with E-state index in [2.05, 4.69) is 36.1 Å². The molecular weight excluding hydrogens is 284 g/mol. The van der Waals surface area contributed by atoms with Crippen molar-refractivity contribution >= 4 is 23.5 Å². The molecule has 2 aliphatic rings. The van der Waals surface area contributed by atoms with E-state index < -0.39 is 5.60 Å². The molecule has 3 heteroatoms. The molecule has 3 rings (SSSR count). The fourth-order valence-electron chi connectivity index (χ4n) is 2.84. The second kappa shape index (κ2) is 6.05. The molecule has 0 aromatic heterocycles. The van der Waals surface area contributed by atoms with Crippen molar-refractivity contribution in [2.24, 2.45) is 0 Å². The van der Waals surface area contributed by atoms with Crippen molar-refractivity contribution in [2.75, 3.05) is 11.5 Å². The Balaban J connectivity index is 1.89. The van der Waals surface area contributed by atoms with Crippen molar-refractivity contribution in [1.82, 2.24) is 0 Å². The molecule has 1 saturated carbocycles. The molecule has 0 spiro atoms. The zero-order chi connectivity index (χ0) is 13.9. The summed E-state index contributed by atoms with van der Waals surface area (Å²) in [5.41, 5.74) is 0.517. The SMILES string of the molecule is OC1(C#CC2(c3ccccc3)SCCS2)CCCCC1. The van der Waals surface area contributed by atoms with Crippen molar-refractivity contribution in [3.8, 4) is 11.8 Å². The van der Waals surface area contributed by atoms with E-state index in [4.69, 9.17) is 0 Å². The van der Waals surface area contributed by atoms with Gasteiger partial charge in [0.05, 0.1) is 0 Å². The van der Waals surface area contributed by atoms with Crippen LogP contribution in [0.25, 0.3) is 0 Å². The molecule has 0 atom stereocenters. The molecule has 1 aliphatic carbocycles. The summed E-state index contributed by atoms with van der Waals surface area (Å²) in [6.45, 7) is 0. The Morgan fingerprint density at radius 3 is 2.20 bits per heavy atom. The van der Waals surface area contributed by atoms with Crippen LogP contribution in [0.5, 0.6) is 0 Å². The Labute approximate surface area is 129 Å². The average molecular weight is 304 g/mol. The topological polar surface area (TPSA) is 20.2 Å². The third-order valence-electron chi connectivity index (χ3n) is 3.99. The first-order valence-corrected chi connectivity index (χ1v) is 9.30. The van der Waals surface area contributed by atoms with Gasteiger partial charge in [-0.25, -0.2) is 0 Å². The van der Waals surface area contributed by atoms with Gasteiger partial charge in [0.2, 0.25) is 0 Å². The van der Waals surface area contributed by atoms with E-state index in [0.717, 1.165) is 37.2 Å². The highest BCUT2D eigenvalue weighted by Crippen LogP contribution is 2.51. The van der Waals surface area contributed by atoms with Gasteiger partial charge in [0, 0.05) is 11.5 Å². The third kappa shape index (κ3) is 3.03. The molecule has 1 heterocycles. The average Bonchev–Trinajstić information content (AvgIpc) is 2.97. The Morgan fingerprint density at radius 1 is 0.900 bits per heavy atom. The van der Waals surface area contributed by atoms with Crippen LogP contribution in [0.15, 0.2) is 30.3 Å². The van der Waals surface area contributed by atoms with E-state index in [9.17, 15) is 5.11 Å². The molecule has 1 aromatic carbocycles. The summed E-state index contributed by atoms with van der Waals surface area (Å²) in [5, 5.41) is 10.6. The molecule has 1 nitrogen and oxygen atoms in total. The molecule has 20 heavy (non-hydrogen) atoms. The standard InChI is InChI=1S/C17H20OS2/c18-16(9-5-2-6-10-16)11-12-17(19-13-14-20-17)15-7-3-1-4-8-15/h1,3-4,7-8,18H,2,5-6,9-10,13-14H2. The van der Waals surface area contributed by atoms with Gasteiger partial charge in [-0.1, -0.05) is 48.6 Å². The number of hydrogen-bond acceptors (Lipinski definition) is 3. The first kappa shape index (κ1) is 14.4. The highest BCUT2D eigenvalue weighted by atomic mass is 32.2. The first-order valence-electron chi connectivity index (χ1n) is 7.33. The van der Waals surface area contributed by atoms with Crippen molar-refractivity contribution < 1.29 is 5.11 Å². The van der Waals surface area contributed by atoms with Gasteiger partial charge < -0.3 is 5.11 Å². The second-order valence-electron chi connectivity index (χ2n) is 5.52. The minimum atomic E-state index is -0.746. The van der Waals surface area contributed by atoms with E-state index in [1.165, 1.54) is 12.0 Å². The zero-order valence-electron chi connectivity index (χ0n) is 11.6. The normalized spacial score (nSPS) is 23.9. The number of thioether (sulfide) groups is 2. The van der Waals surface area contributed by atoms with Gasteiger partial charge in [-0.15, -0.1) is 23.5 Å². The lowest BCUT2D eigenvalue weighted by molar-refractivity contribution is 0.0609. The maximum absolute atomic E-state index is 10.6. The molecule has 0 unspecified atom stereocenters. The number of rotatable bonds is 1. The van der Waals surface area contributed by atoms with E-state index in [-0.39, 0.29) is 4.08 Å². The van der Waals surface area contributed by atoms with Gasteiger partial charge in [-0.2, -0.15) is 0 Å². The van der Waals surface area contributed by atoms with Crippen LogP contribution >= 0.6 is 23.5 Å². The summed E-state index contributed by atoms with van der Waals surface area (Å²) in [5.74, 6) is 8.95. The molecule has 2 fully saturated rings. The quantitative estimate of drug-likeness (QED) is 0.791. The van der Waals surface area contributed by atoms with Gasteiger partial charge >= 0.3 is 0 Å². The minimum absolute atomic E-state index is 0.172. The Hall–Kier alpha value is -0.560. The molecule has 0 radical (unpaired) electrons. The number of hydrogen-bond donors (Lipinski definition) is 1. The maximum Gasteiger partial charge on any atom is 0.147 e. The Bertz CT molecular complexity index is 503. The largest absolute Gasteiger partial charge is 0.378 e. The van der Waals surface area contributed by atoms with Gasteiger partial charge in [-0.05, 0) is 31.2 Å². The highest BCUT2D eigenvalue weighted by Gasteiger charge is 2.37. The summed E-state index contributed by atoms with van der Waals surface area (Å²) in [7, 11) is 0. The molecule has 0 amide bonds. The number of aliphatic hydroxyl groups is 1. The van der Waals surface area contributed by atoms with Crippen LogP contribution in [0, 0.1) is 11.8 Å². The summed E-state index contributed by atoms with van der Waals surface area (Å²) < 4.78 is -0.172. The van der Waals surface area contributed by atoms with E-state index in [1.54, 1.807) is 0 Å². The van der Waals surface area contributed by atoms with Gasteiger partial charge in [0.15, 0.2) is 0 Å². The van der Waals surface area contributed by atoms with Crippen LogP contribution in [0.4, 0.5) is 0 Å². The van der Waals surface area contributed by atoms with Crippen LogP contribution in [-0.4, -0.2) is 22.2 Å². The van der Waals surface area contributed by atoms with Crippen LogP contribution in [-0.2, 0) is 4.08 Å². The van der Waals surface area contributed by atoms with Crippen LogP contribution < -0.4 is 0 Å².